The zero-order valence-corrected chi connectivity index (χ0v) is 15.7. The summed E-state index contributed by atoms with van der Waals surface area (Å²) in [5.41, 5.74) is 0. The maximum absolute atomic E-state index is 12.8. The first-order valence-corrected chi connectivity index (χ1v) is 9.04. The van der Waals surface area contributed by atoms with Gasteiger partial charge in [-0.1, -0.05) is 19.0 Å². The predicted octanol–water partition coefficient (Wildman–Crippen LogP) is 2.54. The Bertz CT molecular complexity index is 527. The highest BCUT2D eigenvalue weighted by Crippen LogP contribution is 2.25. The fourth-order valence-corrected chi connectivity index (χ4v) is 3.27. The molecule has 1 aromatic heterocycles. The van der Waals surface area contributed by atoms with Crippen molar-refractivity contribution in [1.29, 1.82) is 0 Å². The van der Waals surface area contributed by atoms with E-state index in [0.29, 0.717) is 24.2 Å². The van der Waals surface area contributed by atoms with Gasteiger partial charge in [0.15, 0.2) is 5.82 Å². The lowest BCUT2D eigenvalue weighted by molar-refractivity contribution is 0.123. The lowest BCUT2D eigenvalue weighted by Crippen LogP contribution is -2.45. The van der Waals surface area contributed by atoms with Gasteiger partial charge in [0.25, 0.3) is 0 Å². The molecule has 1 saturated heterocycles. The van der Waals surface area contributed by atoms with Gasteiger partial charge in [0.2, 0.25) is 5.89 Å². The van der Waals surface area contributed by atoms with Gasteiger partial charge in [0.05, 0.1) is 0 Å². The van der Waals surface area contributed by atoms with Gasteiger partial charge in [-0.05, 0) is 33.1 Å². The minimum atomic E-state index is -0.0318. The van der Waals surface area contributed by atoms with Crippen LogP contribution in [0.4, 0.5) is 4.79 Å². The van der Waals surface area contributed by atoms with E-state index in [1.54, 1.807) is 0 Å². The summed E-state index contributed by atoms with van der Waals surface area (Å²) in [6, 6.07) is 0.0725. The summed E-state index contributed by atoms with van der Waals surface area (Å²) in [6.07, 6.45) is 0.962. The number of rotatable bonds is 5. The molecular weight excluding hydrogens is 306 g/mol. The second-order valence-corrected chi connectivity index (χ2v) is 6.84. The Balaban J connectivity index is 2.23. The van der Waals surface area contributed by atoms with Gasteiger partial charge in [0, 0.05) is 39.3 Å². The monoisotopic (exact) mass is 337 g/mol. The maximum atomic E-state index is 12.8. The highest BCUT2D eigenvalue weighted by molar-refractivity contribution is 5.74. The third-order valence-electron chi connectivity index (χ3n) is 4.44. The molecule has 7 heteroatoms. The summed E-state index contributed by atoms with van der Waals surface area (Å²) >= 11 is 0. The smallest absolute Gasteiger partial charge is 0.320 e. The molecule has 136 valence electrons. The summed E-state index contributed by atoms with van der Waals surface area (Å²) in [7, 11) is 0. The van der Waals surface area contributed by atoms with Crippen LogP contribution < -0.4 is 0 Å². The zero-order valence-electron chi connectivity index (χ0n) is 15.7. The van der Waals surface area contributed by atoms with Crippen molar-refractivity contribution in [2.24, 2.45) is 5.92 Å². The Morgan fingerprint density at radius 1 is 1.33 bits per heavy atom. The van der Waals surface area contributed by atoms with Crippen molar-refractivity contribution in [3.63, 3.8) is 0 Å². The van der Waals surface area contributed by atoms with Crippen LogP contribution >= 0.6 is 0 Å². The minimum absolute atomic E-state index is 0.0318. The molecule has 0 bridgehead atoms. The van der Waals surface area contributed by atoms with Crippen LogP contribution in [0.1, 0.15) is 51.9 Å². The summed E-state index contributed by atoms with van der Waals surface area (Å²) in [5.74, 6) is 1.80. The number of aromatic nitrogens is 2. The van der Waals surface area contributed by atoms with E-state index in [1.807, 2.05) is 30.6 Å². The normalized spacial score (nSPS) is 19.6. The van der Waals surface area contributed by atoms with Gasteiger partial charge >= 0.3 is 6.03 Å². The first kappa shape index (κ1) is 18.7. The topological polar surface area (TPSA) is 65.7 Å². The minimum Gasteiger partial charge on any atom is -0.338 e. The van der Waals surface area contributed by atoms with Crippen molar-refractivity contribution in [2.75, 3.05) is 39.3 Å². The molecule has 1 atom stereocenters. The fourth-order valence-electron chi connectivity index (χ4n) is 3.27. The Labute approximate surface area is 145 Å². The fraction of sp³-hybridized carbons (Fsp3) is 0.824. The van der Waals surface area contributed by atoms with E-state index in [1.165, 1.54) is 0 Å². The summed E-state index contributed by atoms with van der Waals surface area (Å²) in [4.78, 5) is 23.4. The molecule has 2 heterocycles. The lowest BCUT2D eigenvalue weighted by atomic mass is 10.1. The summed E-state index contributed by atoms with van der Waals surface area (Å²) < 4.78 is 5.46. The largest absolute Gasteiger partial charge is 0.338 e. The van der Waals surface area contributed by atoms with Crippen LogP contribution in [-0.4, -0.2) is 70.1 Å². The van der Waals surface area contributed by atoms with Gasteiger partial charge in [-0.15, -0.1) is 0 Å². The van der Waals surface area contributed by atoms with Crippen molar-refractivity contribution >= 4 is 6.03 Å². The molecule has 1 fully saturated rings. The molecule has 2 rings (SSSR count). The first-order chi connectivity index (χ1) is 11.5. The highest BCUT2D eigenvalue weighted by Gasteiger charge is 2.33. The molecule has 1 aliphatic heterocycles. The summed E-state index contributed by atoms with van der Waals surface area (Å²) in [6.45, 7) is 15.0. The predicted molar refractivity (Wildman–Crippen MR) is 92.7 cm³/mol. The second kappa shape index (κ2) is 8.46. The third kappa shape index (κ3) is 4.47. The Hall–Kier alpha value is -1.63. The number of hydrogen-bond donors (Lipinski definition) is 0. The molecule has 0 spiro atoms. The van der Waals surface area contributed by atoms with E-state index < -0.39 is 0 Å². The van der Waals surface area contributed by atoms with E-state index in [9.17, 15) is 4.79 Å². The van der Waals surface area contributed by atoms with Crippen LogP contribution in [0.2, 0.25) is 0 Å². The second-order valence-electron chi connectivity index (χ2n) is 6.84. The van der Waals surface area contributed by atoms with Gasteiger partial charge < -0.3 is 14.3 Å². The molecule has 1 aliphatic rings. The molecule has 24 heavy (non-hydrogen) atoms. The van der Waals surface area contributed by atoms with Gasteiger partial charge in [-0.25, -0.2) is 4.79 Å². The number of amides is 2. The Morgan fingerprint density at radius 3 is 2.58 bits per heavy atom. The first-order valence-electron chi connectivity index (χ1n) is 9.04. The SMILES string of the molecule is CCN(CC)C(=O)N1CCCN(CC(C)C)C(c2nc(C)no2)C1. The van der Waals surface area contributed by atoms with Crippen molar-refractivity contribution in [3.05, 3.63) is 11.7 Å². The Morgan fingerprint density at radius 2 is 2.04 bits per heavy atom. The van der Waals surface area contributed by atoms with Gasteiger partial charge in [0.1, 0.15) is 6.04 Å². The molecular formula is C17H31N5O2. The standard InChI is InChI=1S/C17H31N5O2/c1-6-20(7-2)17(23)22-10-8-9-21(11-13(3)4)15(12-22)16-18-14(5)19-24-16/h13,15H,6-12H2,1-5H3. The molecule has 0 N–H and O–H groups in total. The number of urea groups is 1. The maximum Gasteiger partial charge on any atom is 0.320 e. The van der Waals surface area contributed by atoms with Crippen LogP contribution in [0, 0.1) is 12.8 Å². The average Bonchev–Trinajstić information content (AvgIpc) is 2.85. The van der Waals surface area contributed by atoms with Crippen LogP contribution in [0.25, 0.3) is 0 Å². The number of nitrogens with zero attached hydrogens (tertiary/aromatic N) is 5. The third-order valence-corrected chi connectivity index (χ3v) is 4.44. The van der Waals surface area contributed by atoms with Crippen LogP contribution in [0.5, 0.6) is 0 Å². The van der Waals surface area contributed by atoms with Crippen molar-refractivity contribution in [2.45, 2.75) is 47.1 Å². The van der Waals surface area contributed by atoms with E-state index in [0.717, 1.165) is 39.1 Å². The summed E-state index contributed by atoms with van der Waals surface area (Å²) in [5, 5.41) is 3.95. The highest BCUT2D eigenvalue weighted by atomic mass is 16.5. The van der Waals surface area contributed by atoms with Crippen molar-refractivity contribution in [3.8, 4) is 0 Å². The van der Waals surface area contributed by atoms with Crippen LogP contribution in [0.15, 0.2) is 4.52 Å². The molecule has 0 saturated carbocycles. The van der Waals surface area contributed by atoms with E-state index >= 15 is 0 Å². The molecule has 0 aromatic carbocycles. The number of carbonyl (C=O) groups is 1. The average molecular weight is 337 g/mol. The van der Waals surface area contributed by atoms with Gasteiger partial charge in [-0.3, -0.25) is 4.90 Å². The van der Waals surface area contributed by atoms with Gasteiger partial charge in [-0.2, -0.15) is 4.98 Å². The number of hydrogen-bond acceptors (Lipinski definition) is 5. The van der Waals surface area contributed by atoms with Crippen molar-refractivity contribution < 1.29 is 9.32 Å². The van der Waals surface area contributed by atoms with Crippen molar-refractivity contribution in [1.82, 2.24) is 24.8 Å². The molecule has 7 nitrogen and oxygen atoms in total. The quantitative estimate of drug-likeness (QED) is 0.826. The number of carbonyl (C=O) groups excluding carboxylic acids is 1. The molecule has 1 unspecified atom stereocenters. The molecule has 2 amide bonds. The van der Waals surface area contributed by atoms with Crippen LogP contribution in [-0.2, 0) is 0 Å². The molecule has 0 aliphatic carbocycles. The molecule has 0 radical (unpaired) electrons. The van der Waals surface area contributed by atoms with E-state index in [4.69, 9.17) is 4.52 Å². The zero-order chi connectivity index (χ0) is 17.7. The Kier molecular flexibility index (Phi) is 6.60. The lowest BCUT2D eigenvalue weighted by Gasteiger charge is -2.32. The van der Waals surface area contributed by atoms with Crippen LogP contribution in [0.3, 0.4) is 0 Å². The van der Waals surface area contributed by atoms with E-state index in [2.05, 4.69) is 28.9 Å². The molecule has 1 aromatic rings. The number of aryl methyl sites for hydroxylation is 1. The van der Waals surface area contributed by atoms with E-state index in [-0.39, 0.29) is 12.1 Å².